The zero-order valence-electron chi connectivity index (χ0n) is 16.1. The highest BCUT2D eigenvalue weighted by Gasteiger charge is 2.21. The number of hydrogen-bond acceptors (Lipinski definition) is 0. The largest absolute Gasteiger partial charge is 0.354 e. The molecule has 0 spiro atoms. The van der Waals surface area contributed by atoms with Crippen LogP contribution in [0, 0.1) is 0 Å². The van der Waals surface area contributed by atoms with Gasteiger partial charge in [0.2, 0.25) is 0 Å². The van der Waals surface area contributed by atoms with E-state index >= 15 is 0 Å². The number of nitrogens with one attached hydrogen (secondary N) is 1. The number of benzene rings is 5. The number of fused-ring (bicyclic) bond motifs is 11. The third-order valence-corrected chi connectivity index (χ3v) is 6.80. The monoisotopic (exact) mass is 380 g/mol. The minimum Gasteiger partial charge on any atom is -0.354 e. The molecule has 5 aromatic carbocycles. The Balaban J connectivity index is 1.79. The summed E-state index contributed by atoms with van der Waals surface area (Å²) in [5.74, 6) is 0. The van der Waals surface area contributed by atoms with Crippen LogP contribution in [0.5, 0.6) is 0 Å². The Morgan fingerprint density at radius 2 is 1.23 bits per heavy atom. The van der Waals surface area contributed by atoms with Gasteiger partial charge in [0, 0.05) is 43.4 Å². The molecule has 0 aliphatic rings. The zero-order chi connectivity index (χ0) is 19.4. The third kappa shape index (κ3) is 1.60. The molecule has 138 valence electrons. The standard InChI is InChI=1S/C28H16N2/c1-2-8-17-14-25-20(13-16(17)7-1)21-15-23-26(18-9-3-5-11-22(18)29-23)27-19-10-4-6-12-24(19)30(25)28(21)27/h1-15,29H. The summed E-state index contributed by atoms with van der Waals surface area (Å²) >= 11 is 0. The molecule has 0 amide bonds. The lowest BCUT2D eigenvalue weighted by Crippen LogP contribution is -1.80. The van der Waals surface area contributed by atoms with E-state index in [0.29, 0.717) is 0 Å². The first kappa shape index (κ1) is 14.9. The molecule has 2 heteroatoms. The molecule has 0 saturated carbocycles. The van der Waals surface area contributed by atoms with Crippen LogP contribution in [-0.2, 0) is 0 Å². The van der Waals surface area contributed by atoms with E-state index in [2.05, 4.69) is 100 Å². The number of nitrogens with zero attached hydrogens (tertiary/aromatic N) is 1. The molecule has 1 N–H and O–H groups in total. The number of hydrogen-bond donors (Lipinski definition) is 1. The van der Waals surface area contributed by atoms with Crippen LogP contribution in [0.25, 0.3) is 70.7 Å². The van der Waals surface area contributed by atoms with Crippen molar-refractivity contribution in [2.24, 2.45) is 0 Å². The van der Waals surface area contributed by atoms with Crippen LogP contribution >= 0.6 is 0 Å². The zero-order valence-corrected chi connectivity index (χ0v) is 16.1. The molecule has 0 aliphatic heterocycles. The molecule has 0 aliphatic carbocycles. The second kappa shape index (κ2) is 4.92. The van der Waals surface area contributed by atoms with Crippen molar-refractivity contribution in [1.29, 1.82) is 0 Å². The molecule has 0 unspecified atom stereocenters. The SMILES string of the molecule is c1ccc2cc3c(cc2c1)c1cc2[nH]c4ccccc4c2c2c4ccccc4n3c12. The van der Waals surface area contributed by atoms with Crippen molar-refractivity contribution in [2.75, 3.05) is 0 Å². The summed E-state index contributed by atoms with van der Waals surface area (Å²) in [6.07, 6.45) is 0. The number of aromatic nitrogens is 2. The maximum atomic E-state index is 3.68. The number of rotatable bonds is 0. The minimum atomic E-state index is 1.20. The minimum absolute atomic E-state index is 1.20. The Labute approximate surface area is 171 Å². The first-order valence-corrected chi connectivity index (χ1v) is 10.4. The Kier molecular flexibility index (Phi) is 2.44. The van der Waals surface area contributed by atoms with Crippen LogP contribution in [-0.4, -0.2) is 9.38 Å². The van der Waals surface area contributed by atoms with Gasteiger partial charge in [0.15, 0.2) is 0 Å². The number of para-hydroxylation sites is 2. The normalized spacial score (nSPS) is 12.7. The van der Waals surface area contributed by atoms with Crippen LogP contribution in [0.4, 0.5) is 0 Å². The Hall–Kier alpha value is -4.04. The van der Waals surface area contributed by atoms with Gasteiger partial charge in [-0.15, -0.1) is 0 Å². The van der Waals surface area contributed by atoms with Crippen molar-refractivity contribution < 1.29 is 0 Å². The molecular formula is C28H16N2. The average molecular weight is 380 g/mol. The summed E-state index contributed by atoms with van der Waals surface area (Å²) < 4.78 is 2.48. The molecule has 3 aromatic heterocycles. The van der Waals surface area contributed by atoms with Gasteiger partial charge in [-0.3, -0.25) is 0 Å². The van der Waals surface area contributed by atoms with Gasteiger partial charge in [-0.25, -0.2) is 0 Å². The predicted octanol–water partition coefficient (Wildman–Crippen LogP) is 7.62. The Morgan fingerprint density at radius 3 is 2.13 bits per heavy atom. The molecule has 3 heterocycles. The second-order valence-electron chi connectivity index (χ2n) is 8.31. The van der Waals surface area contributed by atoms with Gasteiger partial charge in [-0.05, 0) is 41.1 Å². The van der Waals surface area contributed by atoms with Crippen molar-refractivity contribution in [1.82, 2.24) is 9.38 Å². The van der Waals surface area contributed by atoms with Gasteiger partial charge in [0.25, 0.3) is 0 Å². The molecule has 0 radical (unpaired) electrons. The molecule has 2 nitrogen and oxygen atoms in total. The molecule has 0 bridgehead atoms. The molecule has 0 atom stereocenters. The van der Waals surface area contributed by atoms with Gasteiger partial charge in [0.05, 0.1) is 16.6 Å². The quantitative estimate of drug-likeness (QED) is 0.279. The maximum Gasteiger partial charge on any atom is 0.0628 e. The van der Waals surface area contributed by atoms with Crippen LogP contribution in [0.15, 0.2) is 91.0 Å². The van der Waals surface area contributed by atoms with E-state index in [9.17, 15) is 0 Å². The van der Waals surface area contributed by atoms with Gasteiger partial charge < -0.3 is 9.38 Å². The van der Waals surface area contributed by atoms with E-state index < -0.39 is 0 Å². The fourth-order valence-electron chi connectivity index (χ4n) is 5.59. The summed E-state index contributed by atoms with van der Waals surface area (Å²) in [5.41, 5.74) is 6.30. The van der Waals surface area contributed by atoms with Crippen molar-refractivity contribution in [3.63, 3.8) is 0 Å². The molecular weight excluding hydrogens is 364 g/mol. The van der Waals surface area contributed by atoms with E-state index in [1.807, 2.05) is 0 Å². The fraction of sp³-hybridized carbons (Fsp3) is 0. The van der Waals surface area contributed by atoms with Gasteiger partial charge in [0.1, 0.15) is 0 Å². The molecule has 0 fully saturated rings. The van der Waals surface area contributed by atoms with Crippen LogP contribution in [0.2, 0.25) is 0 Å². The Bertz CT molecular complexity index is 1940. The lowest BCUT2D eigenvalue weighted by Gasteiger charge is -2.01. The highest BCUT2D eigenvalue weighted by Crippen LogP contribution is 2.45. The summed E-state index contributed by atoms with van der Waals surface area (Å²) in [7, 11) is 0. The van der Waals surface area contributed by atoms with Crippen molar-refractivity contribution in [2.45, 2.75) is 0 Å². The third-order valence-electron chi connectivity index (χ3n) is 6.80. The maximum absolute atomic E-state index is 3.68. The summed E-state index contributed by atoms with van der Waals surface area (Å²) in [6, 6.07) is 33.2. The predicted molar refractivity (Wildman–Crippen MR) is 128 cm³/mol. The smallest absolute Gasteiger partial charge is 0.0628 e. The van der Waals surface area contributed by atoms with Crippen LogP contribution < -0.4 is 0 Å². The summed E-state index contributed by atoms with van der Waals surface area (Å²) in [4.78, 5) is 3.68. The van der Waals surface area contributed by atoms with E-state index in [1.54, 1.807) is 0 Å². The van der Waals surface area contributed by atoms with Gasteiger partial charge in [-0.1, -0.05) is 60.7 Å². The summed E-state index contributed by atoms with van der Waals surface area (Å²) in [6.45, 7) is 0. The van der Waals surface area contributed by atoms with Crippen LogP contribution in [0.3, 0.4) is 0 Å². The molecule has 0 saturated heterocycles. The lowest BCUT2D eigenvalue weighted by atomic mass is 10.0. The van der Waals surface area contributed by atoms with Gasteiger partial charge >= 0.3 is 0 Å². The van der Waals surface area contributed by atoms with E-state index in [0.717, 1.165) is 0 Å². The second-order valence-corrected chi connectivity index (χ2v) is 8.31. The summed E-state index contributed by atoms with van der Waals surface area (Å²) in [5, 5.41) is 10.5. The Morgan fingerprint density at radius 1 is 0.500 bits per heavy atom. The highest BCUT2D eigenvalue weighted by atomic mass is 14.9. The number of H-pyrrole nitrogens is 1. The van der Waals surface area contributed by atoms with Gasteiger partial charge in [-0.2, -0.15) is 0 Å². The van der Waals surface area contributed by atoms with Crippen molar-refractivity contribution in [3.05, 3.63) is 91.0 Å². The topological polar surface area (TPSA) is 20.2 Å². The van der Waals surface area contributed by atoms with E-state index in [4.69, 9.17) is 0 Å². The lowest BCUT2D eigenvalue weighted by molar-refractivity contribution is 1.37. The van der Waals surface area contributed by atoms with E-state index in [1.165, 1.54) is 70.7 Å². The van der Waals surface area contributed by atoms with E-state index in [-0.39, 0.29) is 0 Å². The molecule has 8 aromatic rings. The highest BCUT2D eigenvalue weighted by molar-refractivity contribution is 6.35. The van der Waals surface area contributed by atoms with Crippen molar-refractivity contribution >= 4 is 70.7 Å². The molecule has 30 heavy (non-hydrogen) atoms. The first-order chi connectivity index (χ1) is 14.9. The first-order valence-electron chi connectivity index (χ1n) is 10.4. The average Bonchev–Trinajstić information content (AvgIpc) is 3.43. The van der Waals surface area contributed by atoms with Crippen LogP contribution in [0.1, 0.15) is 0 Å². The van der Waals surface area contributed by atoms with Crippen molar-refractivity contribution in [3.8, 4) is 0 Å². The fourth-order valence-corrected chi connectivity index (χ4v) is 5.59. The number of aromatic amines is 1. The molecule has 8 rings (SSSR count).